The van der Waals surface area contributed by atoms with Crippen LogP contribution in [0.4, 0.5) is 14.0 Å². The SMILES string of the molecule is CC(C)(C)OC(=O)N1CC2N(C(=O)OCc3ccccc3)CC(O)C2(F)C1. The van der Waals surface area contributed by atoms with Crippen LogP contribution in [0.2, 0.25) is 0 Å². The number of carbonyl (C=O) groups is 2. The number of benzene rings is 1. The summed E-state index contributed by atoms with van der Waals surface area (Å²) < 4.78 is 25.9. The number of aliphatic hydroxyl groups is 1. The number of rotatable bonds is 2. The van der Waals surface area contributed by atoms with E-state index >= 15 is 4.39 Å². The van der Waals surface area contributed by atoms with Crippen LogP contribution in [0, 0.1) is 0 Å². The minimum atomic E-state index is -2.09. The zero-order valence-corrected chi connectivity index (χ0v) is 15.7. The highest BCUT2D eigenvalue weighted by Crippen LogP contribution is 2.39. The number of alkyl halides is 1. The lowest BCUT2D eigenvalue weighted by Crippen LogP contribution is -2.45. The number of hydrogen-bond donors (Lipinski definition) is 1. The lowest BCUT2D eigenvalue weighted by atomic mass is 9.98. The number of carbonyl (C=O) groups excluding carboxylic acids is 2. The van der Waals surface area contributed by atoms with Crippen molar-refractivity contribution in [1.82, 2.24) is 9.80 Å². The second-order valence-electron chi connectivity index (χ2n) is 8.01. The van der Waals surface area contributed by atoms with E-state index in [0.29, 0.717) is 0 Å². The molecule has 2 saturated heterocycles. The average Bonchev–Trinajstić information content (AvgIpc) is 3.06. The normalized spacial score (nSPS) is 27.4. The Balaban J connectivity index is 1.66. The maximum atomic E-state index is 15.4. The molecule has 2 aliphatic heterocycles. The Morgan fingerprint density at radius 2 is 1.89 bits per heavy atom. The predicted molar refractivity (Wildman–Crippen MR) is 94.8 cm³/mol. The van der Waals surface area contributed by atoms with E-state index in [1.54, 1.807) is 20.8 Å². The van der Waals surface area contributed by atoms with Gasteiger partial charge in [-0.3, -0.25) is 4.90 Å². The third-order valence-corrected chi connectivity index (χ3v) is 4.77. The van der Waals surface area contributed by atoms with Crippen LogP contribution in [0.1, 0.15) is 26.3 Å². The van der Waals surface area contributed by atoms with Crippen LogP contribution in [-0.4, -0.2) is 70.1 Å². The van der Waals surface area contributed by atoms with Crippen LogP contribution in [0.5, 0.6) is 0 Å². The molecule has 0 aromatic heterocycles. The molecule has 2 fully saturated rings. The summed E-state index contributed by atoms with van der Waals surface area (Å²) in [6.45, 7) is 4.66. The number of likely N-dealkylation sites (tertiary alicyclic amines) is 2. The molecular weight excluding hydrogens is 355 g/mol. The number of hydrogen-bond acceptors (Lipinski definition) is 5. The van der Waals surface area contributed by atoms with E-state index < -0.39 is 35.6 Å². The van der Waals surface area contributed by atoms with Gasteiger partial charge in [-0.05, 0) is 26.3 Å². The van der Waals surface area contributed by atoms with E-state index in [2.05, 4.69) is 0 Å². The fourth-order valence-electron chi connectivity index (χ4n) is 3.44. The summed E-state index contributed by atoms with van der Waals surface area (Å²) in [5, 5.41) is 10.2. The van der Waals surface area contributed by atoms with E-state index in [1.165, 1.54) is 4.90 Å². The van der Waals surface area contributed by atoms with Gasteiger partial charge in [0.1, 0.15) is 18.3 Å². The molecule has 7 nitrogen and oxygen atoms in total. The van der Waals surface area contributed by atoms with Crippen molar-refractivity contribution in [2.75, 3.05) is 19.6 Å². The first-order valence-electron chi connectivity index (χ1n) is 8.92. The smallest absolute Gasteiger partial charge is 0.410 e. The van der Waals surface area contributed by atoms with Crippen LogP contribution in [0.3, 0.4) is 0 Å². The molecule has 1 aromatic carbocycles. The first-order chi connectivity index (χ1) is 12.6. The summed E-state index contributed by atoms with van der Waals surface area (Å²) in [6.07, 6.45) is -2.77. The van der Waals surface area contributed by atoms with Crippen LogP contribution in [-0.2, 0) is 16.1 Å². The first-order valence-corrected chi connectivity index (χ1v) is 8.92. The average molecular weight is 380 g/mol. The number of amides is 2. The molecule has 0 bridgehead atoms. The van der Waals surface area contributed by atoms with Crippen molar-refractivity contribution < 1.29 is 28.6 Å². The predicted octanol–water partition coefficient (Wildman–Crippen LogP) is 2.33. The van der Waals surface area contributed by atoms with E-state index in [1.807, 2.05) is 30.3 Å². The molecule has 2 aliphatic rings. The molecule has 148 valence electrons. The Morgan fingerprint density at radius 1 is 1.22 bits per heavy atom. The summed E-state index contributed by atoms with van der Waals surface area (Å²) >= 11 is 0. The molecule has 3 rings (SSSR count). The molecule has 0 radical (unpaired) electrons. The minimum absolute atomic E-state index is 0.0497. The zero-order valence-electron chi connectivity index (χ0n) is 15.7. The van der Waals surface area contributed by atoms with E-state index in [0.717, 1.165) is 10.5 Å². The standard InChI is InChI=1S/C19H25FN2O5/c1-18(2,3)27-16(24)21-9-14-19(20,12-21)15(23)10-22(14)17(25)26-11-13-7-5-4-6-8-13/h4-8,14-15,23H,9-12H2,1-3H3. The first kappa shape index (κ1) is 19.4. The lowest BCUT2D eigenvalue weighted by molar-refractivity contribution is 0.00763. The van der Waals surface area contributed by atoms with Gasteiger partial charge in [0.15, 0.2) is 5.67 Å². The minimum Gasteiger partial charge on any atom is -0.445 e. The van der Waals surface area contributed by atoms with Crippen molar-refractivity contribution in [3.63, 3.8) is 0 Å². The number of aliphatic hydroxyl groups excluding tert-OH is 1. The van der Waals surface area contributed by atoms with Gasteiger partial charge in [-0.15, -0.1) is 0 Å². The zero-order chi connectivity index (χ0) is 19.8. The quantitative estimate of drug-likeness (QED) is 0.852. The van der Waals surface area contributed by atoms with Gasteiger partial charge in [-0.2, -0.15) is 0 Å². The number of ether oxygens (including phenoxy) is 2. The van der Waals surface area contributed by atoms with Gasteiger partial charge in [0.05, 0.1) is 19.1 Å². The molecule has 27 heavy (non-hydrogen) atoms. The monoisotopic (exact) mass is 380 g/mol. The van der Waals surface area contributed by atoms with Gasteiger partial charge in [0.2, 0.25) is 0 Å². The van der Waals surface area contributed by atoms with Gasteiger partial charge in [0.25, 0.3) is 0 Å². The summed E-state index contributed by atoms with van der Waals surface area (Å²) in [5.41, 5.74) is -2.01. The molecule has 2 heterocycles. The third-order valence-electron chi connectivity index (χ3n) is 4.77. The fraction of sp³-hybridized carbons (Fsp3) is 0.579. The molecule has 1 N–H and O–H groups in total. The Bertz CT molecular complexity index is 708. The Kier molecular flexibility index (Phi) is 5.03. The molecule has 3 unspecified atom stereocenters. The van der Waals surface area contributed by atoms with Crippen LogP contribution in [0.25, 0.3) is 0 Å². The van der Waals surface area contributed by atoms with E-state index in [9.17, 15) is 14.7 Å². The number of halogens is 1. The Labute approximate surface area is 157 Å². The molecule has 0 saturated carbocycles. The molecule has 3 atom stereocenters. The summed E-state index contributed by atoms with van der Waals surface area (Å²) in [5.74, 6) is 0. The topological polar surface area (TPSA) is 79.3 Å². The van der Waals surface area contributed by atoms with Crippen molar-refractivity contribution in [2.45, 2.75) is 50.8 Å². The molecule has 1 aromatic rings. The van der Waals surface area contributed by atoms with Gasteiger partial charge >= 0.3 is 12.2 Å². The van der Waals surface area contributed by atoms with Crippen molar-refractivity contribution in [3.05, 3.63) is 35.9 Å². The summed E-state index contributed by atoms with van der Waals surface area (Å²) in [6, 6.07) is 8.15. The fourth-order valence-corrected chi connectivity index (χ4v) is 3.44. The van der Waals surface area contributed by atoms with Crippen LogP contribution >= 0.6 is 0 Å². The molecule has 0 aliphatic carbocycles. The summed E-state index contributed by atoms with van der Waals surface area (Å²) in [4.78, 5) is 27.0. The molecular formula is C19H25FN2O5. The van der Waals surface area contributed by atoms with E-state index in [-0.39, 0.29) is 26.2 Å². The van der Waals surface area contributed by atoms with Crippen molar-refractivity contribution >= 4 is 12.2 Å². The highest BCUT2D eigenvalue weighted by atomic mass is 19.1. The highest BCUT2D eigenvalue weighted by molar-refractivity contribution is 5.72. The number of β-amino-alcohol motifs (C(OH)–C–C–N with tert-alkyl or cyclic N) is 1. The maximum absolute atomic E-state index is 15.4. The van der Waals surface area contributed by atoms with Gasteiger partial charge in [0, 0.05) is 6.54 Å². The van der Waals surface area contributed by atoms with Gasteiger partial charge in [-0.1, -0.05) is 30.3 Å². The second kappa shape index (κ2) is 6.99. The second-order valence-corrected chi connectivity index (χ2v) is 8.01. The van der Waals surface area contributed by atoms with Crippen LogP contribution < -0.4 is 0 Å². The lowest BCUT2D eigenvalue weighted by Gasteiger charge is -2.26. The molecule has 0 spiro atoms. The van der Waals surface area contributed by atoms with Crippen molar-refractivity contribution in [1.29, 1.82) is 0 Å². The van der Waals surface area contributed by atoms with E-state index in [4.69, 9.17) is 9.47 Å². The number of nitrogens with zero attached hydrogens (tertiary/aromatic N) is 2. The van der Waals surface area contributed by atoms with Gasteiger partial charge in [-0.25, -0.2) is 14.0 Å². The van der Waals surface area contributed by atoms with Crippen molar-refractivity contribution in [3.8, 4) is 0 Å². The van der Waals surface area contributed by atoms with Crippen LogP contribution in [0.15, 0.2) is 30.3 Å². The largest absolute Gasteiger partial charge is 0.445 e. The third kappa shape index (κ3) is 4.00. The highest BCUT2D eigenvalue weighted by Gasteiger charge is 2.62. The summed E-state index contributed by atoms with van der Waals surface area (Å²) in [7, 11) is 0. The molecule has 2 amide bonds. The van der Waals surface area contributed by atoms with Gasteiger partial charge < -0.3 is 19.5 Å². The molecule has 8 heteroatoms. The number of fused-ring (bicyclic) bond motifs is 1. The Morgan fingerprint density at radius 3 is 2.52 bits per heavy atom. The maximum Gasteiger partial charge on any atom is 0.410 e. The Hall–Kier alpha value is -2.35. The van der Waals surface area contributed by atoms with Crippen molar-refractivity contribution in [2.24, 2.45) is 0 Å².